The maximum atomic E-state index is 11.5. The van der Waals surface area contributed by atoms with Crippen molar-refractivity contribution in [2.75, 3.05) is 6.61 Å². The van der Waals surface area contributed by atoms with Crippen molar-refractivity contribution in [3.05, 3.63) is 40.6 Å². The summed E-state index contributed by atoms with van der Waals surface area (Å²) in [5.41, 5.74) is 0.192. The number of phenolic OH excluding ortho intramolecular Hbond substituents is 1. The molecule has 0 aliphatic heterocycles. The van der Waals surface area contributed by atoms with Crippen LogP contribution in [0.25, 0.3) is 5.69 Å². The number of phenols is 1. The monoisotopic (exact) mass is 221 g/mol. The van der Waals surface area contributed by atoms with Crippen molar-refractivity contribution in [3.63, 3.8) is 0 Å². The minimum atomic E-state index is -0.367. The number of rotatable bonds is 3. The maximum absolute atomic E-state index is 11.5. The molecule has 0 unspecified atom stereocenters. The topological polar surface area (TPSA) is 91.1 Å². The van der Waals surface area contributed by atoms with Gasteiger partial charge in [-0.15, -0.1) is 0 Å². The van der Waals surface area contributed by atoms with Crippen LogP contribution < -0.4 is 5.69 Å². The van der Waals surface area contributed by atoms with Crippen molar-refractivity contribution < 1.29 is 10.2 Å². The molecule has 2 aromatic rings. The highest BCUT2D eigenvalue weighted by atomic mass is 16.3. The Hall–Kier alpha value is -2.08. The summed E-state index contributed by atoms with van der Waals surface area (Å²) in [6.07, 6.45) is 0.306. The lowest BCUT2D eigenvalue weighted by molar-refractivity contribution is 0.296. The van der Waals surface area contributed by atoms with E-state index in [0.29, 0.717) is 17.9 Å². The molecule has 0 aliphatic carbocycles. The molecule has 6 heteroatoms. The Labute approximate surface area is 90.8 Å². The highest BCUT2D eigenvalue weighted by molar-refractivity contribution is 5.35. The average Bonchev–Trinajstić information content (AvgIpc) is 2.61. The van der Waals surface area contributed by atoms with Crippen LogP contribution in [0, 0.1) is 0 Å². The predicted octanol–water partition coefficient (Wildman–Crippen LogP) is -0.199. The van der Waals surface area contributed by atoms with E-state index in [0.717, 1.165) is 0 Å². The van der Waals surface area contributed by atoms with Crippen LogP contribution >= 0.6 is 0 Å². The molecule has 0 aliphatic rings. The van der Waals surface area contributed by atoms with Crippen LogP contribution in [-0.4, -0.2) is 31.6 Å². The number of nitrogens with zero attached hydrogens (tertiary/aromatic N) is 2. The van der Waals surface area contributed by atoms with Gasteiger partial charge in [-0.05, 0) is 24.3 Å². The smallest absolute Gasteiger partial charge is 0.348 e. The number of hydrogen-bond donors (Lipinski definition) is 3. The molecule has 3 N–H and O–H groups in total. The first kappa shape index (κ1) is 10.4. The summed E-state index contributed by atoms with van der Waals surface area (Å²) in [7, 11) is 0. The van der Waals surface area contributed by atoms with Gasteiger partial charge in [-0.3, -0.25) is 4.98 Å². The Morgan fingerprint density at radius 1 is 1.31 bits per heavy atom. The van der Waals surface area contributed by atoms with Crippen molar-refractivity contribution >= 4 is 0 Å². The quantitative estimate of drug-likeness (QED) is 0.669. The molecule has 1 aromatic heterocycles. The third-order valence-electron chi connectivity index (χ3n) is 2.11. The molecule has 1 heterocycles. The third kappa shape index (κ3) is 1.96. The summed E-state index contributed by atoms with van der Waals surface area (Å²) < 4.78 is 1.18. The Morgan fingerprint density at radius 2 is 2.00 bits per heavy atom. The summed E-state index contributed by atoms with van der Waals surface area (Å²) >= 11 is 0. The fourth-order valence-electron chi connectivity index (χ4n) is 1.35. The lowest BCUT2D eigenvalue weighted by atomic mass is 10.3. The molecule has 0 amide bonds. The van der Waals surface area contributed by atoms with E-state index >= 15 is 0 Å². The highest BCUT2D eigenvalue weighted by Crippen LogP contribution is 2.11. The molecule has 0 saturated carbocycles. The lowest BCUT2D eigenvalue weighted by Gasteiger charge is -1.98. The summed E-state index contributed by atoms with van der Waals surface area (Å²) in [6.45, 7) is -0.0669. The summed E-state index contributed by atoms with van der Waals surface area (Å²) in [5.74, 6) is 0.559. The van der Waals surface area contributed by atoms with Crippen molar-refractivity contribution in [2.45, 2.75) is 6.42 Å². The first-order valence-corrected chi connectivity index (χ1v) is 4.79. The van der Waals surface area contributed by atoms with Gasteiger partial charge in [0.15, 0.2) is 0 Å². The fourth-order valence-corrected chi connectivity index (χ4v) is 1.35. The molecule has 0 radical (unpaired) electrons. The number of nitrogens with one attached hydrogen (secondary N) is 1. The number of aromatic nitrogens is 3. The molecule has 0 bridgehead atoms. The van der Waals surface area contributed by atoms with Crippen molar-refractivity contribution in [3.8, 4) is 11.4 Å². The fraction of sp³-hybridized carbons (Fsp3) is 0.200. The van der Waals surface area contributed by atoms with Crippen molar-refractivity contribution in [1.29, 1.82) is 0 Å². The minimum Gasteiger partial charge on any atom is -0.508 e. The number of H-pyrrole nitrogens is 1. The summed E-state index contributed by atoms with van der Waals surface area (Å²) in [5, 5.41) is 21.8. The van der Waals surface area contributed by atoms with E-state index in [1.54, 1.807) is 12.1 Å². The van der Waals surface area contributed by atoms with Crippen LogP contribution in [-0.2, 0) is 6.42 Å². The van der Waals surface area contributed by atoms with Gasteiger partial charge in [0.2, 0.25) is 0 Å². The number of aliphatic hydroxyl groups is 1. The summed E-state index contributed by atoms with van der Waals surface area (Å²) in [6, 6.07) is 6.12. The lowest BCUT2D eigenvalue weighted by Crippen LogP contribution is -2.15. The van der Waals surface area contributed by atoms with E-state index in [-0.39, 0.29) is 18.0 Å². The van der Waals surface area contributed by atoms with E-state index in [1.165, 1.54) is 16.8 Å². The van der Waals surface area contributed by atoms with Gasteiger partial charge in [0.1, 0.15) is 11.6 Å². The number of hydrogen-bond acceptors (Lipinski definition) is 4. The van der Waals surface area contributed by atoms with Crippen molar-refractivity contribution in [2.24, 2.45) is 0 Å². The predicted molar refractivity (Wildman–Crippen MR) is 56.6 cm³/mol. The Balaban J connectivity index is 2.40. The van der Waals surface area contributed by atoms with Gasteiger partial charge < -0.3 is 10.2 Å². The zero-order valence-corrected chi connectivity index (χ0v) is 8.42. The largest absolute Gasteiger partial charge is 0.508 e. The maximum Gasteiger partial charge on any atom is 0.348 e. The average molecular weight is 221 g/mol. The van der Waals surface area contributed by atoms with Crippen molar-refractivity contribution in [1.82, 2.24) is 14.8 Å². The molecule has 0 fully saturated rings. The van der Waals surface area contributed by atoms with Crippen LogP contribution in [0.1, 0.15) is 5.82 Å². The van der Waals surface area contributed by atoms with Crippen LogP contribution in [0.3, 0.4) is 0 Å². The van der Waals surface area contributed by atoms with Gasteiger partial charge in [0.05, 0.1) is 12.3 Å². The van der Waals surface area contributed by atoms with E-state index in [1.807, 2.05) is 0 Å². The van der Waals surface area contributed by atoms with Gasteiger partial charge >= 0.3 is 5.69 Å². The number of aromatic hydroxyl groups is 1. The van der Waals surface area contributed by atoms with Gasteiger partial charge in [0.25, 0.3) is 0 Å². The molecule has 1 aromatic carbocycles. The molecule has 0 saturated heterocycles. The van der Waals surface area contributed by atoms with E-state index in [9.17, 15) is 4.79 Å². The summed E-state index contributed by atoms with van der Waals surface area (Å²) in [4.78, 5) is 14.0. The van der Waals surface area contributed by atoms with Gasteiger partial charge in [-0.1, -0.05) is 0 Å². The van der Waals surface area contributed by atoms with E-state index < -0.39 is 0 Å². The normalized spacial score (nSPS) is 10.6. The molecular weight excluding hydrogens is 210 g/mol. The zero-order valence-electron chi connectivity index (χ0n) is 8.42. The van der Waals surface area contributed by atoms with Crippen LogP contribution in [0.2, 0.25) is 0 Å². The molecule has 2 rings (SSSR count). The third-order valence-corrected chi connectivity index (χ3v) is 2.11. The minimum absolute atomic E-state index is 0.0669. The van der Waals surface area contributed by atoms with E-state index in [2.05, 4.69) is 10.1 Å². The Bertz CT molecular complexity index is 527. The second-order valence-electron chi connectivity index (χ2n) is 3.28. The molecular formula is C10H11N3O3. The molecule has 6 nitrogen and oxygen atoms in total. The SMILES string of the molecule is O=c1[nH]c(CCO)nn1-c1ccc(O)cc1. The standard InChI is InChI=1S/C10H11N3O3/c14-6-5-9-11-10(16)13(12-9)7-1-3-8(15)4-2-7/h1-4,14-15H,5-6H2,(H,11,12,16). The number of aromatic amines is 1. The van der Waals surface area contributed by atoms with E-state index in [4.69, 9.17) is 10.2 Å². The first-order chi connectivity index (χ1) is 7.70. The Kier molecular flexibility index (Phi) is 2.74. The van der Waals surface area contributed by atoms with Gasteiger partial charge in [-0.2, -0.15) is 9.78 Å². The molecule has 16 heavy (non-hydrogen) atoms. The second-order valence-corrected chi connectivity index (χ2v) is 3.28. The van der Waals surface area contributed by atoms with Crippen LogP contribution in [0.15, 0.2) is 29.1 Å². The number of aliphatic hydroxyl groups excluding tert-OH is 1. The zero-order chi connectivity index (χ0) is 11.5. The molecule has 0 spiro atoms. The van der Waals surface area contributed by atoms with Crippen LogP contribution in [0.4, 0.5) is 0 Å². The Morgan fingerprint density at radius 3 is 2.62 bits per heavy atom. The van der Waals surface area contributed by atoms with Gasteiger partial charge in [0, 0.05) is 6.42 Å². The first-order valence-electron chi connectivity index (χ1n) is 4.79. The number of benzene rings is 1. The van der Waals surface area contributed by atoms with Crippen LogP contribution in [0.5, 0.6) is 5.75 Å². The van der Waals surface area contributed by atoms with Gasteiger partial charge in [-0.25, -0.2) is 4.79 Å². The highest BCUT2D eigenvalue weighted by Gasteiger charge is 2.06. The molecule has 0 atom stereocenters. The molecule has 84 valence electrons. The second kappa shape index (κ2) is 4.19.